The highest BCUT2D eigenvalue weighted by Gasteiger charge is 2.29. The van der Waals surface area contributed by atoms with Crippen molar-refractivity contribution >= 4 is 21.8 Å². The Kier molecular flexibility index (Phi) is 1.83. The molecule has 0 bridgehead atoms. The fourth-order valence-corrected chi connectivity index (χ4v) is 3.18. The van der Waals surface area contributed by atoms with Gasteiger partial charge in [-0.25, -0.2) is 0 Å². The lowest BCUT2D eigenvalue weighted by Gasteiger charge is -2.12. The van der Waals surface area contributed by atoms with Crippen LogP contribution in [0.1, 0.15) is 11.4 Å². The second-order valence-electron chi connectivity index (χ2n) is 5.19. The molecule has 1 aromatic carbocycles. The van der Waals surface area contributed by atoms with Crippen LogP contribution in [0.2, 0.25) is 0 Å². The van der Waals surface area contributed by atoms with Crippen molar-refractivity contribution in [2.24, 2.45) is 0 Å². The maximum Gasteiger partial charge on any atom is 0.285 e. The van der Waals surface area contributed by atoms with Crippen LogP contribution in [0.15, 0.2) is 36.4 Å². The van der Waals surface area contributed by atoms with E-state index in [1.165, 1.54) is 33.2 Å². The molecule has 88 valence electrons. The molecule has 0 saturated carbocycles. The molecular formula is C16H16N2+2. The van der Waals surface area contributed by atoms with E-state index in [-0.39, 0.29) is 0 Å². The molecule has 0 aliphatic carbocycles. The van der Waals surface area contributed by atoms with Gasteiger partial charge in [0.05, 0.1) is 10.8 Å². The molecule has 0 spiro atoms. The van der Waals surface area contributed by atoms with Crippen LogP contribution in [0.3, 0.4) is 0 Å². The van der Waals surface area contributed by atoms with Crippen LogP contribution in [-0.4, -0.2) is 0 Å². The minimum atomic E-state index is 1.07. The fraction of sp³-hybridized carbons (Fsp3) is 0.250. The van der Waals surface area contributed by atoms with Crippen molar-refractivity contribution in [1.29, 1.82) is 0 Å². The Morgan fingerprint density at radius 1 is 0.667 bits per heavy atom. The van der Waals surface area contributed by atoms with E-state index in [2.05, 4.69) is 59.4 Å². The maximum absolute atomic E-state index is 2.46. The van der Waals surface area contributed by atoms with Crippen molar-refractivity contribution in [3.05, 3.63) is 47.8 Å². The Morgan fingerprint density at radius 3 is 1.50 bits per heavy atom. The lowest BCUT2D eigenvalue weighted by Crippen LogP contribution is -2.53. The average Bonchev–Trinajstić information content (AvgIpc) is 2.40. The highest BCUT2D eigenvalue weighted by atomic mass is 15.1. The van der Waals surface area contributed by atoms with Gasteiger partial charge in [0.2, 0.25) is 13.1 Å². The third-order valence-electron chi connectivity index (χ3n) is 4.16. The smallest absolute Gasteiger partial charge is 0.184 e. The predicted octanol–water partition coefficient (Wildman–Crippen LogP) is 2.20. The number of hydrogen-bond donors (Lipinski definition) is 0. The molecule has 2 heteroatoms. The molecule has 0 saturated heterocycles. The molecular weight excluding hydrogens is 220 g/mol. The zero-order valence-electron chi connectivity index (χ0n) is 10.8. The third kappa shape index (κ3) is 1.13. The highest BCUT2D eigenvalue weighted by Crippen LogP contribution is 2.22. The van der Waals surface area contributed by atoms with Crippen molar-refractivity contribution in [2.45, 2.75) is 26.9 Å². The van der Waals surface area contributed by atoms with Gasteiger partial charge < -0.3 is 0 Å². The van der Waals surface area contributed by atoms with Gasteiger partial charge in [0.15, 0.2) is 11.4 Å². The SMILES string of the molecule is Cc1ccc2ccc3ccc(C)[n+]4c3c2[n+]1CC4. The molecule has 0 N–H and O–H groups in total. The van der Waals surface area contributed by atoms with Crippen LogP contribution in [-0.2, 0) is 13.1 Å². The van der Waals surface area contributed by atoms with E-state index < -0.39 is 0 Å². The first-order valence-corrected chi connectivity index (χ1v) is 6.51. The minimum absolute atomic E-state index is 1.07. The molecule has 18 heavy (non-hydrogen) atoms. The monoisotopic (exact) mass is 236 g/mol. The molecule has 1 aliphatic rings. The van der Waals surface area contributed by atoms with E-state index in [1.54, 1.807) is 0 Å². The van der Waals surface area contributed by atoms with Crippen LogP contribution >= 0.6 is 0 Å². The van der Waals surface area contributed by atoms with Gasteiger partial charge in [0.1, 0.15) is 0 Å². The van der Waals surface area contributed by atoms with Crippen LogP contribution in [0, 0.1) is 13.8 Å². The van der Waals surface area contributed by atoms with Gasteiger partial charge >= 0.3 is 0 Å². The van der Waals surface area contributed by atoms with Crippen molar-refractivity contribution in [3.63, 3.8) is 0 Å². The largest absolute Gasteiger partial charge is 0.285 e. The Morgan fingerprint density at radius 2 is 1.06 bits per heavy atom. The topological polar surface area (TPSA) is 7.76 Å². The normalized spacial score (nSPS) is 13.7. The van der Waals surface area contributed by atoms with Crippen molar-refractivity contribution < 1.29 is 9.13 Å². The predicted molar refractivity (Wildman–Crippen MR) is 71.3 cm³/mol. The molecule has 3 aromatic rings. The fourth-order valence-electron chi connectivity index (χ4n) is 3.18. The quantitative estimate of drug-likeness (QED) is 0.417. The molecule has 0 radical (unpaired) electrons. The van der Waals surface area contributed by atoms with Crippen LogP contribution < -0.4 is 9.13 Å². The summed E-state index contributed by atoms with van der Waals surface area (Å²) in [4.78, 5) is 0. The van der Waals surface area contributed by atoms with E-state index >= 15 is 0 Å². The zero-order valence-corrected chi connectivity index (χ0v) is 10.8. The summed E-state index contributed by atoms with van der Waals surface area (Å²) in [5, 5.41) is 2.68. The lowest BCUT2D eigenvalue weighted by atomic mass is 10.1. The van der Waals surface area contributed by atoms with Gasteiger partial charge in [-0.2, -0.15) is 9.13 Å². The number of aryl methyl sites for hydroxylation is 4. The van der Waals surface area contributed by atoms with Gasteiger partial charge in [-0.15, -0.1) is 0 Å². The Balaban J connectivity index is 2.38. The van der Waals surface area contributed by atoms with Crippen molar-refractivity contribution in [2.75, 3.05) is 0 Å². The summed E-state index contributed by atoms with van der Waals surface area (Å²) in [6.07, 6.45) is 0. The molecule has 2 nitrogen and oxygen atoms in total. The van der Waals surface area contributed by atoms with Gasteiger partial charge in [-0.05, 0) is 24.3 Å². The molecule has 4 rings (SSSR count). The second kappa shape index (κ2) is 3.29. The van der Waals surface area contributed by atoms with Gasteiger partial charge in [-0.3, -0.25) is 0 Å². The molecule has 0 fully saturated rings. The summed E-state index contributed by atoms with van der Waals surface area (Å²) >= 11 is 0. The molecule has 2 aromatic heterocycles. The Hall–Kier alpha value is -1.96. The Labute approximate surface area is 106 Å². The van der Waals surface area contributed by atoms with E-state index in [9.17, 15) is 0 Å². The van der Waals surface area contributed by atoms with Gasteiger partial charge in [-0.1, -0.05) is 0 Å². The molecule has 0 atom stereocenters. The molecule has 3 heterocycles. The van der Waals surface area contributed by atoms with E-state index in [0.29, 0.717) is 0 Å². The summed E-state index contributed by atoms with van der Waals surface area (Å²) in [5.74, 6) is 0. The summed E-state index contributed by atoms with van der Waals surface area (Å²) in [5.41, 5.74) is 5.48. The van der Waals surface area contributed by atoms with Gasteiger partial charge in [0.25, 0.3) is 11.0 Å². The van der Waals surface area contributed by atoms with E-state index in [0.717, 1.165) is 13.1 Å². The summed E-state index contributed by atoms with van der Waals surface area (Å²) in [6.45, 7) is 6.54. The number of benzene rings is 1. The van der Waals surface area contributed by atoms with Gasteiger partial charge in [0, 0.05) is 26.0 Å². The molecule has 0 unspecified atom stereocenters. The summed E-state index contributed by atoms with van der Waals surface area (Å²) < 4.78 is 4.91. The third-order valence-corrected chi connectivity index (χ3v) is 4.16. The zero-order chi connectivity index (χ0) is 12.3. The van der Waals surface area contributed by atoms with Crippen LogP contribution in [0.4, 0.5) is 0 Å². The summed E-state index contributed by atoms with van der Waals surface area (Å²) in [6, 6.07) is 13.4. The molecule has 1 aliphatic heterocycles. The summed E-state index contributed by atoms with van der Waals surface area (Å²) in [7, 11) is 0. The Bertz CT molecular complexity index is 734. The van der Waals surface area contributed by atoms with Crippen LogP contribution in [0.5, 0.6) is 0 Å². The number of aromatic nitrogens is 2. The van der Waals surface area contributed by atoms with E-state index in [4.69, 9.17) is 0 Å². The first-order chi connectivity index (χ1) is 8.75. The van der Waals surface area contributed by atoms with Crippen LogP contribution in [0.25, 0.3) is 21.8 Å². The maximum atomic E-state index is 2.46. The number of pyridine rings is 2. The standard InChI is InChI=1S/C16H16N2/c1-11-3-5-13-7-8-14-6-4-12(2)18-10-9-17(11)15(13)16(14)18/h3-8H,9-10H2,1-2H3/q+2. The highest BCUT2D eigenvalue weighted by molar-refractivity contribution is 5.99. The minimum Gasteiger partial charge on any atom is -0.184 e. The number of hydrogen-bond acceptors (Lipinski definition) is 0. The average molecular weight is 236 g/mol. The number of nitrogens with zero attached hydrogens (tertiary/aromatic N) is 2. The number of rotatable bonds is 0. The van der Waals surface area contributed by atoms with Crippen molar-refractivity contribution in [3.8, 4) is 0 Å². The van der Waals surface area contributed by atoms with Crippen molar-refractivity contribution in [1.82, 2.24) is 0 Å². The van der Waals surface area contributed by atoms with E-state index in [1.807, 2.05) is 0 Å². The second-order valence-corrected chi connectivity index (χ2v) is 5.19. The first-order valence-electron chi connectivity index (χ1n) is 6.51. The first kappa shape index (κ1) is 10.0. The lowest BCUT2D eigenvalue weighted by molar-refractivity contribution is -0.776. The molecule has 0 amide bonds.